The van der Waals surface area contributed by atoms with Crippen molar-refractivity contribution in [3.63, 3.8) is 0 Å². The number of benzene rings is 2. The van der Waals surface area contributed by atoms with E-state index in [1.165, 1.54) is 0 Å². The smallest absolute Gasteiger partial charge is 0.259 e. The van der Waals surface area contributed by atoms with Crippen molar-refractivity contribution in [2.24, 2.45) is 0 Å². The summed E-state index contributed by atoms with van der Waals surface area (Å²) in [7, 11) is 3.19. The van der Waals surface area contributed by atoms with E-state index in [1.807, 2.05) is 69.3 Å². The van der Waals surface area contributed by atoms with Crippen molar-refractivity contribution in [2.45, 2.75) is 44.6 Å². The molecule has 0 radical (unpaired) electrons. The van der Waals surface area contributed by atoms with Crippen LogP contribution in [0.2, 0.25) is 0 Å². The van der Waals surface area contributed by atoms with E-state index in [2.05, 4.69) is 0 Å². The number of hydrogen-bond donors (Lipinski definition) is 0. The number of hydrogen-bond acceptors (Lipinski definition) is 6. The van der Waals surface area contributed by atoms with E-state index in [0.717, 1.165) is 0 Å². The standard InChI is InChI=1S/C25H30N2O6/c1-6-32-20-21(26(23(20)28)16-8-12-18(30-4)13-9-16)25(3)22(33-7-2)24(29)27(25)17-10-14-19(31-5)15-11-17/h8-15,20-22H,6-7H2,1-5H3/t20-,21-,22-,25-/m1/s1. The van der Waals surface area contributed by atoms with Gasteiger partial charge in [0.1, 0.15) is 17.0 Å². The molecule has 2 aliphatic heterocycles. The molecule has 2 saturated heterocycles. The number of β-lactam (4-membered cyclic amide) rings is 2. The highest BCUT2D eigenvalue weighted by molar-refractivity contribution is 6.12. The quantitative estimate of drug-likeness (QED) is 0.542. The lowest BCUT2D eigenvalue weighted by molar-refractivity contribution is -0.165. The summed E-state index contributed by atoms with van der Waals surface area (Å²) in [6, 6.07) is 14.2. The van der Waals surface area contributed by atoms with E-state index in [-0.39, 0.29) is 11.8 Å². The van der Waals surface area contributed by atoms with Gasteiger partial charge in [-0.25, -0.2) is 0 Å². The Balaban J connectivity index is 1.77. The Kier molecular flexibility index (Phi) is 6.32. The largest absolute Gasteiger partial charge is 0.497 e. The van der Waals surface area contributed by atoms with Crippen LogP contribution in [-0.2, 0) is 19.1 Å². The van der Waals surface area contributed by atoms with Gasteiger partial charge in [-0.2, -0.15) is 0 Å². The maximum Gasteiger partial charge on any atom is 0.259 e. The highest BCUT2D eigenvalue weighted by Crippen LogP contribution is 2.49. The molecule has 0 aliphatic carbocycles. The third-order valence-corrected chi connectivity index (χ3v) is 6.46. The minimum absolute atomic E-state index is 0.141. The van der Waals surface area contributed by atoms with E-state index >= 15 is 0 Å². The highest BCUT2D eigenvalue weighted by atomic mass is 16.5. The Bertz CT molecular complexity index is 1010. The van der Waals surface area contributed by atoms with E-state index in [1.54, 1.807) is 24.0 Å². The summed E-state index contributed by atoms with van der Waals surface area (Å²) >= 11 is 0. The van der Waals surface area contributed by atoms with Gasteiger partial charge in [-0.1, -0.05) is 0 Å². The molecule has 33 heavy (non-hydrogen) atoms. The summed E-state index contributed by atoms with van der Waals surface area (Å²) in [5, 5.41) is 0. The molecule has 2 aliphatic rings. The Labute approximate surface area is 194 Å². The number of amides is 2. The Morgan fingerprint density at radius 2 is 1.30 bits per heavy atom. The van der Waals surface area contributed by atoms with Gasteiger partial charge >= 0.3 is 0 Å². The molecule has 8 nitrogen and oxygen atoms in total. The van der Waals surface area contributed by atoms with Crippen molar-refractivity contribution in [2.75, 3.05) is 37.2 Å². The number of nitrogens with zero attached hydrogens (tertiary/aromatic N) is 2. The molecule has 0 bridgehead atoms. The molecule has 2 amide bonds. The topological polar surface area (TPSA) is 77.5 Å². The van der Waals surface area contributed by atoms with Crippen molar-refractivity contribution in [1.29, 1.82) is 0 Å². The molecule has 2 heterocycles. The van der Waals surface area contributed by atoms with Crippen LogP contribution in [0.1, 0.15) is 20.8 Å². The first-order valence-electron chi connectivity index (χ1n) is 11.1. The average Bonchev–Trinajstić information content (AvgIpc) is 2.84. The zero-order valence-corrected chi connectivity index (χ0v) is 19.6. The van der Waals surface area contributed by atoms with Crippen molar-refractivity contribution in [3.8, 4) is 11.5 Å². The van der Waals surface area contributed by atoms with Gasteiger partial charge in [-0.3, -0.25) is 14.5 Å². The Morgan fingerprint density at radius 1 is 0.788 bits per heavy atom. The zero-order valence-electron chi connectivity index (χ0n) is 19.6. The summed E-state index contributed by atoms with van der Waals surface area (Å²) in [6.45, 7) is 6.44. The molecule has 8 heteroatoms. The molecular formula is C25H30N2O6. The van der Waals surface area contributed by atoms with Crippen LogP contribution in [0.5, 0.6) is 11.5 Å². The van der Waals surface area contributed by atoms with E-state index < -0.39 is 23.8 Å². The number of carbonyl (C=O) groups is 2. The summed E-state index contributed by atoms with van der Waals surface area (Å²) in [5.74, 6) is 1.11. The molecule has 4 rings (SSSR count). The second-order valence-corrected chi connectivity index (χ2v) is 8.16. The maximum absolute atomic E-state index is 13.2. The van der Waals surface area contributed by atoms with Crippen LogP contribution in [-0.4, -0.2) is 63.0 Å². The Morgan fingerprint density at radius 3 is 1.79 bits per heavy atom. The van der Waals surface area contributed by atoms with Crippen LogP contribution in [0, 0.1) is 0 Å². The number of carbonyl (C=O) groups excluding carboxylic acids is 2. The first-order valence-corrected chi connectivity index (χ1v) is 11.1. The van der Waals surface area contributed by atoms with Crippen LogP contribution < -0.4 is 19.3 Å². The highest BCUT2D eigenvalue weighted by Gasteiger charge is 2.70. The fourth-order valence-corrected chi connectivity index (χ4v) is 4.89. The molecule has 4 atom stereocenters. The fourth-order valence-electron chi connectivity index (χ4n) is 4.89. The van der Waals surface area contributed by atoms with E-state index in [9.17, 15) is 9.59 Å². The van der Waals surface area contributed by atoms with Gasteiger partial charge < -0.3 is 23.8 Å². The second kappa shape index (κ2) is 9.03. The maximum atomic E-state index is 13.2. The first-order chi connectivity index (χ1) is 15.9. The van der Waals surface area contributed by atoms with Gasteiger partial charge in [-0.15, -0.1) is 0 Å². The summed E-state index contributed by atoms with van der Waals surface area (Å²) in [6.07, 6.45) is -1.38. The lowest BCUT2D eigenvalue weighted by Crippen LogP contribution is -2.88. The lowest BCUT2D eigenvalue weighted by Gasteiger charge is -2.64. The molecular weight excluding hydrogens is 424 g/mol. The van der Waals surface area contributed by atoms with Gasteiger partial charge in [0.2, 0.25) is 0 Å². The van der Waals surface area contributed by atoms with Gasteiger partial charge in [0.15, 0.2) is 12.2 Å². The van der Waals surface area contributed by atoms with E-state index in [0.29, 0.717) is 36.1 Å². The minimum Gasteiger partial charge on any atom is -0.497 e. The van der Waals surface area contributed by atoms with Crippen molar-refractivity contribution in [1.82, 2.24) is 0 Å². The van der Waals surface area contributed by atoms with Crippen molar-refractivity contribution >= 4 is 23.2 Å². The number of ether oxygens (including phenoxy) is 4. The molecule has 2 aromatic rings. The fraction of sp³-hybridized carbons (Fsp3) is 0.440. The molecule has 0 saturated carbocycles. The van der Waals surface area contributed by atoms with Crippen LogP contribution >= 0.6 is 0 Å². The molecule has 0 N–H and O–H groups in total. The summed E-state index contributed by atoms with van der Waals surface area (Å²) in [5.41, 5.74) is 0.589. The third kappa shape index (κ3) is 3.54. The van der Waals surface area contributed by atoms with Crippen LogP contribution in [0.25, 0.3) is 0 Å². The van der Waals surface area contributed by atoms with Gasteiger partial charge in [0, 0.05) is 24.6 Å². The third-order valence-electron chi connectivity index (χ3n) is 6.46. The Hall–Kier alpha value is -3.10. The van der Waals surface area contributed by atoms with Crippen LogP contribution in [0.3, 0.4) is 0 Å². The molecule has 176 valence electrons. The molecule has 0 unspecified atom stereocenters. The summed E-state index contributed by atoms with van der Waals surface area (Å²) < 4.78 is 22.3. The van der Waals surface area contributed by atoms with Crippen LogP contribution in [0.15, 0.2) is 48.5 Å². The molecule has 2 aromatic carbocycles. The normalized spacial score (nSPS) is 26.6. The van der Waals surface area contributed by atoms with Crippen LogP contribution in [0.4, 0.5) is 11.4 Å². The predicted molar refractivity (Wildman–Crippen MR) is 124 cm³/mol. The number of methoxy groups -OCH3 is 2. The molecule has 2 fully saturated rings. The van der Waals surface area contributed by atoms with E-state index in [4.69, 9.17) is 18.9 Å². The van der Waals surface area contributed by atoms with Crippen molar-refractivity contribution in [3.05, 3.63) is 48.5 Å². The minimum atomic E-state index is -0.838. The predicted octanol–water partition coefficient (Wildman–Crippen LogP) is 3.03. The SMILES string of the molecule is CCO[C@@H]1C(=O)N(c2ccc(OC)cc2)[C@]1(C)[C@H]1[C@@H](OCC)C(=O)N1c1ccc(OC)cc1. The first kappa shape index (κ1) is 23.1. The van der Waals surface area contributed by atoms with Gasteiger partial charge in [-0.05, 0) is 69.3 Å². The number of anilines is 2. The average molecular weight is 455 g/mol. The lowest BCUT2D eigenvalue weighted by atomic mass is 9.69. The number of rotatable bonds is 9. The van der Waals surface area contributed by atoms with Gasteiger partial charge in [0.25, 0.3) is 11.8 Å². The monoisotopic (exact) mass is 454 g/mol. The van der Waals surface area contributed by atoms with Crippen molar-refractivity contribution < 1.29 is 28.5 Å². The zero-order chi connectivity index (χ0) is 23.8. The second-order valence-electron chi connectivity index (χ2n) is 8.16. The molecule has 0 spiro atoms. The van der Waals surface area contributed by atoms with Gasteiger partial charge in [0.05, 0.1) is 20.3 Å². The molecule has 0 aromatic heterocycles. The summed E-state index contributed by atoms with van der Waals surface area (Å²) in [4.78, 5) is 29.9.